The molecule has 3 aromatic rings. The standard InChI is InChI=1S/C23H28N8O/c1-15(2)31-14-25-27-22(31)19-4-3-5-21(26-19)30-9-8-29(23(30)32)18-10-17(11-18)28-12-20(24-13-28)16-6-7-16/h3-5,12-18H,6-11H2,1-2H3. The van der Waals surface area contributed by atoms with Crippen molar-refractivity contribution in [2.75, 3.05) is 18.0 Å². The lowest BCUT2D eigenvalue weighted by Crippen LogP contribution is -2.47. The van der Waals surface area contributed by atoms with Crippen molar-refractivity contribution in [1.82, 2.24) is 34.2 Å². The van der Waals surface area contributed by atoms with Crippen LogP contribution >= 0.6 is 0 Å². The van der Waals surface area contributed by atoms with Crippen LogP contribution in [0.25, 0.3) is 11.5 Å². The topological polar surface area (TPSA) is 85.0 Å². The third kappa shape index (κ3) is 3.27. The molecule has 1 aliphatic heterocycles. The van der Waals surface area contributed by atoms with Crippen LogP contribution < -0.4 is 4.90 Å². The molecule has 4 heterocycles. The van der Waals surface area contributed by atoms with Gasteiger partial charge in [-0.2, -0.15) is 0 Å². The van der Waals surface area contributed by atoms with Crippen molar-refractivity contribution in [3.63, 3.8) is 0 Å². The minimum atomic E-state index is 0.0488. The maximum absolute atomic E-state index is 13.2. The number of carbonyl (C=O) groups is 1. The van der Waals surface area contributed by atoms with Crippen LogP contribution in [0.15, 0.2) is 37.1 Å². The molecule has 0 radical (unpaired) electrons. The number of urea groups is 1. The van der Waals surface area contributed by atoms with Gasteiger partial charge in [0, 0.05) is 43.3 Å². The maximum Gasteiger partial charge on any atom is 0.326 e. The Balaban J connectivity index is 1.14. The Morgan fingerprint density at radius 3 is 2.69 bits per heavy atom. The average molecular weight is 433 g/mol. The molecule has 9 heteroatoms. The predicted octanol–water partition coefficient (Wildman–Crippen LogP) is 3.64. The van der Waals surface area contributed by atoms with Gasteiger partial charge in [-0.15, -0.1) is 10.2 Å². The monoisotopic (exact) mass is 432 g/mol. The normalized spacial score (nSPS) is 23.3. The minimum Gasteiger partial charge on any atom is -0.334 e. The summed E-state index contributed by atoms with van der Waals surface area (Å²) in [6.07, 6.45) is 10.4. The SMILES string of the molecule is CC(C)n1cnnc1-c1cccc(N2CCN(C3CC(n4cnc(C5CC5)c4)C3)C2=O)n1. The molecule has 2 saturated carbocycles. The first-order valence-electron chi connectivity index (χ1n) is 11.6. The van der Waals surface area contributed by atoms with E-state index in [1.165, 1.54) is 18.5 Å². The van der Waals surface area contributed by atoms with Crippen LogP contribution in [0.5, 0.6) is 0 Å². The fourth-order valence-corrected chi connectivity index (χ4v) is 4.81. The van der Waals surface area contributed by atoms with E-state index in [0.29, 0.717) is 24.3 Å². The van der Waals surface area contributed by atoms with Crippen LogP contribution in [-0.2, 0) is 0 Å². The second-order valence-corrected chi connectivity index (χ2v) is 9.46. The van der Waals surface area contributed by atoms with Crippen LogP contribution in [0.4, 0.5) is 10.6 Å². The molecule has 2 amide bonds. The molecule has 166 valence electrons. The highest BCUT2D eigenvalue weighted by atomic mass is 16.2. The van der Waals surface area contributed by atoms with Crippen LogP contribution in [0.2, 0.25) is 0 Å². The molecule has 32 heavy (non-hydrogen) atoms. The smallest absolute Gasteiger partial charge is 0.326 e. The van der Waals surface area contributed by atoms with E-state index in [9.17, 15) is 4.79 Å². The largest absolute Gasteiger partial charge is 0.334 e. The van der Waals surface area contributed by atoms with Crippen LogP contribution in [0, 0.1) is 0 Å². The first-order valence-corrected chi connectivity index (χ1v) is 11.6. The van der Waals surface area contributed by atoms with Crippen molar-refractivity contribution in [2.45, 2.75) is 63.6 Å². The fourth-order valence-electron chi connectivity index (χ4n) is 4.81. The highest BCUT2D eigenvalue weighted by molar-refractivity contribution is 5.93. The van der Waals surface area contributed by atoms with Crippen LogP contribution in [0.1, 0.15) is 63.2 Å². The zero-order chi connectivity index (χ0) is 21.8. The summed E-state index contributed by atoms with van der Waals surface area (Å²) in [5, 5.41) is 8.28. The molecule has 1 saturated heterocycles. The molecular weight excluding hydrogens is 404 g/mol. The van der Waals surface area contributed by atoms with Gasteiger partial charge in [0.25, 0.3) is 0 Å². The summed E-state index contributed by atoms with van der Waals surface area (Å²) >= 11 is 0. The molecule has 0 N–H and O–H groups in total. The van der Waals surface area contributed by atoms with Gasteiger partial charge < -0.3 is 14.0 Å². The van der Waals surface area contributed by atoms with E-state index >= 15 is 0 Å². The average Bonchev–Trinajstić information content (AvgIpc) is 3.14. The van der Waals surface area contributed by atoms with Crippen molar-refractivity contribution in [3.8, 4) is 11.5 Å². The zero-order valence-corrected chi connectivity index (χ0v) is 18.5. The lowest BCUT2D eigenvalue weighted by atomic mass is 9.85. The summed E-state index contributed by atoms with van der Waals surface area (Å²) < 4.78 is 4.24. The fraction of sp³-hybridized carbons (Fsp3) is 0.522. The maximum atomic E-state index is 13.2. The number of aromatic nitrogens is 6. The number of amides is 2. The van der Waals surface area contributed by atoms with Crippen molar-refractivity contribution in [1.29, 1.82) is 0 Å². The van der Waals surface area contributed by atoms with Crippen molar-refractivity contribution in [3.05, 3.63) is 42.7 Å². The molecular formula is C23H28N8O. The van der Waals surface area contributed by atoms with Gasteiger partial charge in [0.1, 0.15) is 17.8 Å². The molecule has 9 nitrogen and oxygen atoms in total. The first-order chi connectivity index (χ1) is 15.6. The van der Waals surface area contributed by atoms with E-state index in [-0.39, 0.29) is 18.1 Å². The molecule has 0 spiro atoms. The summed E-state index contributed by atoms with van der Waals surface area (Å²) in [5.74, 6) is 2.07. The highest BCUT2D eigenvalue weighted by Crippen LogP contribution is 2.42. The van der Waals surface area contributed by atoms with Crippen LogP contribution in [-0.4, -0.2) is 59.4 Å². The van der Waals surface area contributed by atoms with Gasteiger partial charge in [-0.1, -0.05) is 6.07 Å². The Hall–Kier alpha value is -3.23. The third-order valence-electron chi connectivity index (χ3n) is 6.98. The predicted molar refractivity (Wildman–Crippen MR) is 119 cm³/mol. The Morgan fingerprint density at radius 2 is 1.91 bits per heavy atom. The van der Waals surface area contributed by atoms with Crippen LogP contribution in [0.3, 0.4) is 0 Å². The lowest BCUT2D eigenvalue weighted by molar-refractivity contribution is 0.121. The minimum absolute atomic E-state index is 0.0488. The molecule has 0 aromatic carbocycles. The Labute approximate surface area is 187 Å². The quantitative estimate of drug-likeness (QED) is 0.594. The Bertz CT molecular complexity index is 1140. The number of pyridine rings is 1. The Kier molecular flexibility index (Phi) is 4.51. The summed E-state index contributed by atoms with van der Waals surface area (Å²) in [6.45, 7) is 5.56. The van der Waals surface area contributed by atoms with E-state index in [4.69, 9.17) is 4.98 Å². The van der Waals surface area contributed by atoms with Gasteiger partial charge in [0.15, 0.2) is 5.82 Å². The lowest BCUT2D eigenvalue weighted by Gasteiger charge is -2.41. The summed E-state index contributed by atoms with van der Waals surface area (Å²) in [5.41, 5.74) is 1.96. The second-order valence-electron chi connectivity index (χ2n) is 9.46. The number of imidazole rings is 1. The third-order valence-corrected chi connectivity index (χ3v) is 6.98. The van der Waals surface area contributed by atoms with E-state index in [0.717, 1.165) is 30.9 Å². The molecule has 3 aliphatic rings. The number of hydrogen-bond acceptors (Lipinski definition) is 5. The number of hydrogen-bond donors (Lipinski definition) is 0. The molecule has 0 atom stereocenters. The molecule has 3 fully saturated rings. The first kappa shape index (κ1) is 19.5. The van der Waals surface area contributed by atoms with Gasteiger partial charge in [0.05, 0.1) is 12.0 Å². The van der Waals surface area contributed by atoms with E-state index < -0.39 is 0 Å². The van der Waals surface area contributed by atoms with Crippen molar-refractivity contribution >= 4 is 11.8 Å². The summed E-state index contributed by atoms with van der Waals surface area (Å²) in [7, 11) is 0. The molecule has 0 bridgehead atoms. The van der Waals surface area contributed by atoms with Crippen molar-refractivity contribution < 1.29 is 4.79 Å². The molecule has 3 aromatic heterocycles. The molecule has 0 unspecified atom stereocenters. The zero-order valence-electron chi connectivity index (χ0n) is 18.5. The number of carbonyl (C=O) groups excluding carboxylic acids is 1. The highest BCUT2D eigenvalue weighted by Gasteiger charge is 2.42. The summed E-state index contributed by atoms with van der Waals surface area (Å²) in [6, 6.07) is 6.77. The summed E-state index contributed by atoms with van der Waals surface area (Å²) in [4.78, 5) is 26.3. The number of anilines is 1. The molecule has 6 rings (SSSR count). The Morgan fingerprint density at radius 1 is 1.06 bits per heavy atom. The number of nitrogens with zero attached hydrogens (tertiary/aromatic N) is 8. The van der Waals surface area contributed by atoms with E-state index in [1.54, 1.807) is 11.2 Å². The number of rotatable bonds is 6. The van der Waals surface area contributed by atoms with Gasteiger partial charge in [-0.3, -0.25) is 4.90 Å². The van der Waals surface area contributed by atoms with Gasteiger partial charge in [0.2, 0.25) is 0 Å². The van der Waals surface area contributed by atoms with Crippen molar-refractivity contribution in [2.24, 2.45) is 0 Å². The van der Waals surface area contributed by atoms with Gasteiger partial charge in [-0.05, 0) is 51.7 Å². The van der Waals surface area contributed by atoms with Gasteiger partial charge in [-0.25, -0.2) is 14.8 Å². The molecule has 2 aliphatic carbocycles. The van der Waals surface area contributed by atoms with Gasteiger partial charge >= 0.3 is 6.03 Å². The van der Waals surface area contributed by atoms with E-state index in [2.05, 4.69) is 39.8 Å². The van der Waals surface area contributed by atoms with E-state index in [1.807, 2.05) is 34.0 Å². The second kappa shape index (κ2) is 7.43.